The van der Waals surface area contributed by atoms with E-state index in [2.05, 4.69) is 75.7 Å². The molecule has 2 fully saturated rings. The van der Waals surface area contributed by atoms with Gasteiger partial charge in [0.05, 0.1) is 5.39 Å². The average molecular weight is 495 g/mol. The summed E-state index contributed by atoms with van der Waals surface area (Å²) in [7, 11) is 0. The molecule has 2 atom stereocenters. The molecule has 37 heavy (non-hydrogen) atoms. The first-order chi connectivity index (χ1) is 18.1. The highest BCUT2D eigenvalue weighted by Crippen LogP contribution is 2.45. The van der Waals surface area contributed by atoms with Crippen molar-refractivity contribution in [3.05, 3.63) is 90.1 Å². The Kier molecular flexibility index (Phi) is 6.43. The zero-order valence-electron chi connectivity index (χ0n) is 21.4. The molecule has 1 amide bonds. The summed E-state index contributed by atoms with van der Waals surface area (Å²) >= 11 is 0. The lowest BCUT2D eigenvalue weighted by molar-refractivity contribution is 0.0243. The first-order valence-corrected chi connectivity index (χ1v) is 13.4. The Morgan fingerprint density at radius 3 is 2.57 bits per heavy atom. The second-order valence-corrected chi connectivity index (χ2v) is 10.6. The number of nitrogens with zero attached hydrogens (tertiary/aromatic N) is 3. The topological polar surface area (TPSA) is 61.6 Å². The maximum absolute atomic E-state index is 13.1. The Balaban J connectivity index is 1.25. The number of fused-ring (bicyclic) bond motifs is 1. The normalized spacial score (nSPS) is 22.7. The van der Waals surface area contributed by atoms with Crippen LogP contribution in [0.4, 0.5) is 11.4 Å². The van der Waals surface area contributed by atoms with Gasteiger partial charge in [0.15, 0.2) is 11.3 Å². The van der Waals surface area contributed by atoms with Crippen molar-refractivity contribution < 1.29 is 9.32 Å². The molecule has 1 aromatic heterocycles. The van der Waals surface area contributed by atoms with Gasteiger partial charge < -0.3 is 14.7 Å². The molecule has 0 unspecified atom stereocenters. The molecule has 190 valence electrons. The zero-order valence-corrected chi connectivity index (χ0v) is 21.4. The van der Waals surface area contributed by atoms with Crippen LogP contribution in [0, 0.1) is 5.92 Å². The van der Waals surface area contributed by atoms with Gasteiger partial charge in [0, 0.05) is 43.1 Å². The first-order valence-electron chi connectivity index (χ1n) is 13.4. The Hall–Kier alpha value is -3.64. The van der Waals surface area contributed by atoms with E-state index in [4.69, 9.17) is 4.52 Å². The van der Waals surface area contributed by atoms with Crippen molar-refractivity contribution in [3.8, 4) is 0 Å². The van der Waals surface area contributed by atoms with Crippen LogP contribution in [0.3, 0.4) is 0 Å². The van der Waals surface area contributed by atoms with E-state index in [1.54, 1.807) is 0 Å². The van der Waals surface area contributed by atoms with Crippen molar-refractivity contribution in [1.82, 2.24) is 10.1 Å². The maximum Gasteiger partial charge on any atom is 0.278 e. The predicted molar refractivity (Wildman–Crippen MR) is 148 cm³/mol. The van der Waals surface area contributed by atoms with Crippen LogP contribution in [0.25, 0.3) is 11.0 Å². The summed E-state index contributed by atoms with van der Waals surface area (Å²) in [5.41, 5.74) is 4.33. The van der Waals surface area contributed by atoms with Gasteiger partial charge >= 0.3 is 0 Å². The van der Waals surface area contributed by atoms with Crippen molar-refractivity contribution in [2.24, 2.45) is 5.92 Å². The summed E-state index contributed by atoms with van der Waals surface area (Å²) in [4.78, 5) is 18.3. The first kappa shape index (κ1) is 23.7. The van der Waals surface area contributed by atoms with E-state index in [1.165, 1.54) is 24.1 Å². The Morgan fingerprint density at radius 2 is 1.76 bits per heavy atom. The lowest BCUT2D eigenvalue weighted by Crippen LogP contribution is -2.57. The number of carbonyl (C=O) groups excluding carboxylic acids is 1. The van der Waals surface area contributed by atoms with E-state index in [9.17, 15) is 4.79 Å². The van der Waals surface area contributed by atoms with Crippen molar-refractivity contribution >= 4 is 28.3 Å². The van der Waals surface area contributed by atoms with Crippen LogP contribution in [0.2, 0.25) is 0 Å². The Labute approximate surface area is 218 Å². The minimum absolute atomic E-state index is 0.0121. The molecule has 6 nitrogen and oxygen atoms in total. The standard InChI is InChI=1S/C31H34N4O2/c1-23-9-8-16-31(22-23,35-19-17-34(18-20-35)26-12-3-2-4-13-26)24-10-7-11-25(21-24)32-30(36)29-27-14-5-6-15-28(27)37-33-29/h2-7,10-15,21,23H,8-9,16-20,22H2,1H3,(H,32,36)/t23-,31+/m1/s1. The van der Waals surface area contributed by atoms with E-state index in [0.29, 0.717) is 17.2 Å². The van der Waals surface area contributed by atoms with Crippen LogP contribution in [-0.2, 0) is 5.54 Å². The molecule has 1 saturated heterocycles. The van der Waals surface area contributed by atoms with Crippen LogP contribution in [0.5, 0.6) is 0 Å². The van der Waals surface area contributed by atoms with Gasteiger partial charge in [0.25, 0.3) is 5.91 Å². The van der Waals surface area contributed by atoms with E-state index in [1.807, 2.05) is 30.3 Å². The molecule has 2 heterocycles. The SMILES string of the molecule is C[C@@H]1CCC[C@](c2cccc(NC(=O)c3noc4ccccc34)c2)(N2CCN(c3ccccc3)CC2)C1. The number of aromatic nitrogens is 1. The number of piperazine rings is 1. The van der Waals surface area contributed by atoms with Gasteiger partial charge in [-0.1, -0.05) is 67.4 Å². The molecule has 2 aliphatic rings. The summed E-state index contributed by atoms with van der Waals surface area (Å²) in [6, 6.07) is 26.7. The molecule has 3 aromatic carbocycles. The fourth-order valence-corrected chi connectivity index (χ4v) is 6.41. The minimum Gasteiger partial charge on any atom is -0.369 e. The summed E-state index contributed by atoms with van der Waals surface area (Å²) in [6.07, 6.45) is 4.79. The van der Waals surface area contributed by atoms with Crippen LogP contribution < -0.4 is 10.2 Å². The predicted octanol–water partition coefficient (Wildman–Crippen LogP) is 6.31. The molecule has 0 spiro atoms. The molecule has 6 heteroatoms. The number of hydrogen-bond acceptors (Lipinski definition) is 5. The Bertz CT molecular complexity index is 1380. The van der Waals surface area contributed by atoms with Gasteiger partial charge in [0.2, 0.25) is 0 Å². The van der Waals surface area contributed by atoms with Crippen molar-refractivity contribution in [3.63, 3.8) is 0 Å². The quantitative estimate of drug-likeness (QED) is 0.352. The summed E-state index contributed by atoms with van der Waals surface area (Å²) < 4.78 is 5.35. The van der Waals surface area contributed by atoms with E-state index < -0.39 is 0 Å². The molecule has 4 aromatic rings. The second-order valence-electron chi connectivity index (χ2n) is 10.6. The highest BCUT2D eigenvalue weighted by molar-refractivity contribution is 6.10. The number of rotatable bonds is 5. The van der Waals surface area contributed by atoms with Crippen LogP contribution in [0.15, 0.2) is 83.4 Å². The van der Waals surface area contributed by atoms with E-state index >= 15 is 0 Å². The maximum atomic E-state index is 13.1. The van der Waals surface area contributed by atoms with Crippen molar-refractivity contribution in [2.75, 3.05) is 36.4 Å². The second kappa shape index (κ2) is 10.0. The Morgan fingerprint density at radius 1 is 0.973 bits per heavy atom. The fraction of sp³-hybridized carbons (Fsp3) is 0.355. The number of benzene rings is 3. The molecule has 1 N–H and O–H groups in total. The van der Waals surface area contributed by atoms with Crippen molar-refractivity contribution in [2.45, 2.75) is 38.1 Å². The number of amides is 1. The molecule has 6 rings (SSSR count). The summed E-state index contributed by atoms with van der Waals surface area (Å²) in [6.45, 7) is 6.49. The van der Waals surface area contributed by atoms with Gasteiger partial charge in [-0.25, -0.2) is 0 Å². The average Bonchev–Trinajstić information content (AvgIpc) is 3.38. The van der Waals surface area contributed by atoms with Gasteiger partial charge in [-0.2, -0.15) is 0 Å². The number of carbonyl (C=O) groups is 1. The number of anilines is 2. The highest BCUT2D eigenvalue weighted by atomic mass is 16.5. The van der Waals surface area contributed by atoms with Gasteiger partial charge in [-0.3, -0.25) is 9.69 Å². The molecule has 1 aliphatic carbocycles. The molecular formula is C31H34N4O2. The molecule has 1 saturated carbocycles. The van der Waals surface area contributed by atoms with Gasteiger partial charge in [0.1, 0.15) is 0 Å². The summed E-state index contributed by atoms with van der Waals surface area (Å²) in [5.74, 6) is 0.422. The lowest BCUT2D eigenvalue weighted by atomic mass is 9.71. The molecular weight excluding hydrogens is 460 g/mol. The van der Waals surface area contributed by atoms with E-state index in [0.717, 1.165) is 50.1 Å². The molecule has 0 radical (unpaired) electrons. The van der Waals surface area contributed by atoms with E-state index in [-0.39, 0.29) is 11.4 Å². The largest absolute Gasteiger partial charge is 0.369 e. The van der Waals surface area contributed by atoms with Crippen LogP contribution in [-0.4, -0.2) is 42.1 Å². The zero-order chi connectivity index (χ0) is 25.2. The monoisotopic (exact) mass is 494 g/mol. The number of hydrogen-bond donors (Lipinski definition) is 1. The molecule has 0 bridgehead atoms. The number of para-hydroxylation sites is 2. The summed E-state index contributed by atoms with van der Waals surface area (Å²) in [5, 5.41) is 7.85. The third kappa shape index (κ3) is 4.62. The third-order valence-electron chi connectivity index (χ3n) is 8.23. The lowest BCUT2D eigenvalue weighted by Gasteiger charge is -2.52. The third-order valence-corrected chi connectivity index (χ3v) is 8.23. The number of nitrogens with one attached hydrogen (secondary N) is 1. The molecule has 1 aliphatic heterocycles. The van der Waals surface area contributed by atoms with Crippen molar-refractivity contribution in [1.29, 1.82) is 0 Å². The van der Waals surface area contributed by atoms with Crippen LogP contribution in [0.1, 0.15) is 48.7 Å². The smallest absolute Gasteiger partial charge is 0.278 e. The van der Waals surface area contributed by atoms with Crippen LogP contribution >= 0.6 is 0 Å². The fourth-order valence-electron chi connectivity index (χ4n) is 6.41. The minimum atomic E-state index is -0.246. The van der Waals surface area contributed by atoms with Gasteiger partial charge in [-0.05, 0) is 60.7 Å². The highest BCUT2D eigenvalue weighted by Gasteiger charge is 2.42. The van der Waals surface area contributed by atoms with Gasteiger partial charge in [-0.15, -0.1) is 0 Å².